The fourth-order valence-corrected chi connectivity index (χ4v) is 1.81. The van der Waals surface area contributed by atoms with Gasteiger partial charge in [0.1, 0.15) is 5.82 Å². The fraction of sp³-hybridized carbons (Fsp3) is 0.357. The van der Waals surface area contributed by atoms with Crippen molar-refractivity contribution in [3.63, 3.8) is 0 Å². The van der Waals surface area contributed by atoms with Gasteiger partial charge in [-0.3, -0.25) is 4.99 Å². The molecule has 1 aromatic heterocycles. The van der Waals surface area contributed by atoms with Crippen LogP contribution in [-0.2, 0) is 13.0 Å². The Hall–Kier alpha value is -2.44. The molecule has 0 atom stereocenters. The molecule has 0 saturated carbocycles. The maximum atomic E-state index is 13.1. The van der Waals surface area contributed by atoms with E-state index in [0.717, 1.165) is 5.56 Å². The van der Waals surface area contributed by atoms with Crippen molar-refractivity contribution in [2.45, 2.75) is 19.9 Å². The molecular formula is C14H18FN5O. The van der Waals surface area contributed by atoms with Crippen LogP contribution in [0.3, 0.4) is 0 Å². The van der Waals surface area contributed by atoms with Crippen LogP contribution in [0.25, 0.3) is 0 Å². The van der Waals surface area contributed by atoms with Crippen molar-refractivity contribution in [1.82, 2.24) is 20.8 Å². The minimum absolute atomic E-state index is 0.220. The van der Waals surface area contributed by atoms with Gasteiger partial charge in [0.2, 0.25) is 5.89 Å². The molecule has 7 heteroatoms. The Morgan fingerprint density at radius 1 is 1.38 bits per heavy atom. The number of aliphatic imine (C=N–C) groups is 1. The SMILES string of the molecule is CN=C(NCCc1cccc(F)c1)NCc1noc(C)n1. The number of guanidine groups is 1. The lowest BCUT2D eigenvalue weighted by molar-refractivity contribution is 0.387. The minimum atomic E-state index is -0.220. The summed E-state index contributed by atoms with van der Waals surface area (Å²) in [6.45, 7) is 2.81. The van der Waals surface area contributed by atoms with Crippen molar-refractivity contribution in [1.29, 1.82) is 0 Å². The number of halogens is 1. The summed E-state index contributed by atoms with van der Waals surface area (Å²) in [6, 6.07) is 6.56. The molecule has 21 heavy (non-hydrogen) atoms. The normalized spacial score (nSPS) is 11.5. The summed E-state index contributed by atoms with van der Waals surface area (Å²) in [7, 11) is 1.68. The van der Waals surface area contributed by atoms with E-state index in [4.69, 9.17) is 4.52 Å². The summed E-state index contributed by atoms with van der Waals surface area (Å²) in [4.78, 5) is 8.18. The quantitative estimate of drug-likeness (QED) is 0.644. The van der Waals surface area contributed by atoms with Crippen LogP contribution in [-0.4, -0.2) is 29.7 Å². The molecule has 2 rings (SSSR count). The third-order valence-corrected chi connectivity index (χ3v) is 2.80. The van der Waals surface area contributed by atoms with Crippen LogP contribution in [0, 0.1) is 12.7 Å². The van der Waals surface area contributed by atoms with Crippen molar-refractivity contribution in [2.75, 3.05) is 13.6 Å². The molecule has 0 aliphatic rings. The summed E-state index contributed by atoms with van der Waals surface area (Å²) in [5.74, 6) is 1.51. The van der Waals surface area contributed by atoms with Crippen LogP contribution in [0.4, 0.5) is 4.39 Å². The molecule has 1 aromatic carbocycles. The molecule has 1 heterocycles. The second kappa shape index (κ2) is 7.37. The summed E-state index contributed by atoms with van der Waals surface area (Å²) < 4.78 is 17.9. The number of aryl methyl sites for hydroxylation is 1. The molecular weight excluding hydrogens is 273 g/mol. The number of rotatable bonds is 5. The van der Waals surface area contributed by atoms with Crippen molar-refractivity contribution < 1.29 is 8.91 Å². The summed E-state index contributed by atoms with van der Waals surface area (Å²) in [5, 5.41) is 10.0. The van der Waals surface area contributed by atoms with E-state index in [0.29, 0.717) is 37.2 Å². The topological polar surface area (TPSA) is 75.3 Å². The number of benzene rings is 1. The standard InChI is InChI=1S/C14H18FN5O/c1-10-19-13(20-21-10)9-18-14(16-2)17-7-6-11-4-3-5-12(15)8-11/h3-5,8H,6-7,9H2,1-2H3,(H2,16,17,18). The molecule has 0 radical (unpaired) electrons. The first-order valence-electron chi connectivity index (χ1n) is 6.65. The van der Waals surface area contributed by atoms with Gasteiger partial charge in [0.15, 0.2) is 11.8 Å². The number of hydrogen-bond acceptors (Lipinski definition) is 4. The van der Waals surface area contributed by atoms with E-state index in [-0.39, 0.29) is 5.82 Å². The van der Waals surface area contributed by atoms with Crippen LogP contribution in [0.1, 0.15) is 17.3 Å². The zero-order chi connectivity index (χ0) is 15.1. The van der Waals surface area contributed by atoms with Gasteiger partial charge in [-0.1, -0.05) is 17.3 Å². The first-order chi connectivity index (χ1) is 10.2. The highest BCUT2D eigenvalue weighted by Crippen LogP contribution is 2.03. The van der Waals surface area contributed by atoms with Gasteiger partial charge in [-0.15, -0.1) is 0 Å². The zero-order valence-electron chi connectivity index (χ0n) is 12.1. The predicted octanol–water partition coefficient (Wildman–Crippen LogP) is 1.42. The number of hydrogen-bond donors (Lipinski definition) is 2. The van der Waals surface area contributed by atoms with E-state index in [9.17, 15) is 4.39 Å². The van der Waals surface area contributed by atoms with Gasteiger partial charge in [0.05, 0.1) is 6.54 Å². The zero-order valence-corrected chi connectivity index (χ0v) is 12.1. The van der Waals surface area contributed by atoms with Gasteiger partial charge in [0, 0.05) is 20.5 Å². The van der Waals surface area contributed by atoms with E-state index in [1.807, 2.05) is 6.07 Å². The lowest BCUT2D eigenvalue weighted by Crippen LogP contribution is -2.38. The van der Waals surface area contributed by atoms with Crippen LogP contribution < -0.4 is 10.6 Å². The third kappa shape index (κ3) is 4.87. The molecule has 6 nitrogen and oxygen atoms in total. The van der Waals surface area contributed by atoms with Crippen molar-refractivity contribution in [3.8, 4) is 0 Å². The van der Waals surface area contributed by atoms with E-state index in [1.165, 1.54) is 12.1 Å². The highest BCUT2D eigenvalue weighted by molar-refractivity contribution is 5.79. The van der Waals surface area contributed by atoms with Gasteiger partial charge in [-0.25, -0.2) is 4.39 Å². The average Bonchev–Trinajstić information content (AvgIpc) is 2.88. The summed E-state index contributed by atoms with van der Waals surface area (Å²) in [5.41, 5.74) is 0.937. The lowest BCUT2D eigenvalue weighted by atomic mass is 10.1. The molecule has 0 bridgehead atoms. The number of nitrogens with zero attached hydrogens (tertiary/aromatic N) is 3. The molecule has 0 saturated heterocycles. The summed E-state index contributed by atoms with van der Waals surface area (Å²) >= 11 is 0. The molecule has 2 N–H and O–H groups in total. The largest absolute Gasteiger partial charge is 0.356 e. The van der Waals surface area contributed by atoms with Gasteiger partial charge in [-0.2, -0.15) is 4.98 Å². The van der Waals surface area contributed by atoms with Crippen molar-refractivity contribution >= 4 is 5.96 Å². The van der Waals surface area contributed by atoms with Crippen LogP contribution >= 0.6 is 0 Å². The van der Waals surface area contributed by atoms with Crippen LogP contribution in [0.2, 0.25) is 0 Å². The molecule has 0 spiro atoms. The molecule has 0 unspecified atom stereocenters. The lowest BCUT2D eigenvalue weighted by Gasteiger charge is -2.10. The average molecular weight is 291 g/mol. The van der Waals surface area contributed by atoms with Crippen molar-refractivity contribution in [2.24, 2.45) is 4.99 Å². The number of nitrogens with one attached hydrogen (secondary N) is 2. The molecule has 112 valence electrons. The van der Waals surface area contributed by atoms with E-state index in [1.54, 1.807) is 20.0 Å². The summed E-state index contributed by atoms with van der Waals surface area (Å²) in [6.07, 6.45) is 0.708. The second-order valence-corrected chi connectivity index (χ2v) is 4.46. The number of aromatic nitrogens is 2. The minimum Gasteiger partial charge on any atom is -0.356 e. The Labute approximate surface area is 122 Å². The molecule has 0 aliphatic carbocycles. The highest BCUT2D eigenvalue weighted by atomic mass is 19.1. The Morgan fingerprint density at radius 2 is 2.24 bits per heavy atom. The molecule has 0 amide bonds. The third-order valence-electron chi connectivity index (χ3n) is 2.80. The highest BCUT2D eigenvalue weighted by Gasteiger charge is 2.03. The van der Waals surface area contributed by atoms with Gasteiger partial charge >= 0.3 is 0 Å². The smallest absolute Gasteiger partial charge is 0.223 e. The molecule has 0 fully saturated rings. The van der Waals surface area contributed by atoms with Crippen molar-refractivity contribution in [3.05, 3.63) is 47.4 Å². The van der Waals surface area contributed by atoms with Gasteiger partial charge in [0.25, 0.3) is 0 Å². The fourth-order valence-electron chi connectivity index (χ4n) is 1.81. The Balaban J connectivity index is 1.75. The van der Waals surface area contributed by atoms with Gasteiger partial charge < -0.3 is 15.2 Å². The maximum absolute atomic E-state index is 13.1. The van der Waals surface area contributed by atoms with E-state index in [2.05, 4.69) is 25.8 Å². The Bertz CT molecular complexity index is 611. The first-order valence-corrected chi connectivity index (χ1v) is 6.65. The van der Waals surface area contributed by atoms with Gasteiger partial charge in [-0.05, 0) is 24.1 Å². The first kappa shape index (κ1) is 15.0. The Kier molecular flexibility index (Phi) is 5.25. The molecule has 2 aromatic rings. The van der Waals surface area contributed by atoms with E-state index >= 15 is 0 Å². The Morgan fingerprint density at radius 3 is 2.90 bits per heavy atom. The second-order valence-electron chi connectivity index (χ2n) is 4.46. The predicted molar refractivity (Wildman–Crippen MR) is 77.3 cm³/mol. The van der Waals surface area contributed by atoms with Crippen LogP contribution in [0.15, 0.2) is 33.8 Å². The monoisotopic (exact) mass is 291 g/mol. The maximum Gasteiger partial charge on any atom is 0.223 e. The van der Waals surface area contributed by atoms with E-state index < -0.39 is 0 Å². The van der Waals surface area contributed by atoms with Crippen LogP contribution in [0.5, 0.6) is 0 Å². The molecule has 0 aliphatic heterocycles.